The third-order valence-corrected chi connectivity index (χ3v) is 2.54. The van der Waals surface area contributed by atoms with Gasteiger partial charge in [0.05, 0.1) is 0 Å². The molecule has 0 aliphatic carbocycles. The van der Waals surface area contributed by atoms with Gasteiger partial charge in [-0.2, -0.15) is 0 Å². The van der Waals surface area contributed by atoms with Crippen LogP contribution in [0.5, 0.6) is 0 Å². The summed E-state index contributed by atoms with van der Waals surface area (Å²) in [6, 6.07) is 0. The van der Waals surface area contributed by atoms with E-state index in [1.54, 1.807) is 5.57 Å². The third-order valence-electron chi connectivity index (χ3n) is 2.54. The van der Waals surface area contributed by atoms with E-state index in [4.69, 9.17) is 0 Å². The van der Waals surface area contributed by atoms with Gasteiger partial charge < -0.3 is 0 Å². The minimum atomic E-state index is 0.392. The Kier molecular flexibility index (Phi) is 6.63. The van der Waals surface area contributed by atoms with Gasteiger partial charge in [0.2, 0.25) is 0 Å². The largest absolute Gasteiger partial charge is 0.0842 e. The highest BCUT2D eigenvalue weighted by atomic mass is 14.2. The maximum Gasteiger partial charge on any atom is -0.0230 e. The molecule has 0 aromatic heterocycles. The van der Waals surface area contributed by atoms with Crippen molar-refractivity contribution in [2.45, 2.75) is 67.2 Å². The van der Waals surface area contributed by atoms with Crippen LogP contribution in [0.2, 0.25) is 0 Å². The topological polar surface area (TPSA) is 0 Å². The molecule has 0 bridgehead atoms. The molecule has 0 saturated carbocycles. The van der Waals surface area contributed by atoms with Crippen molar-refractivity contribution in [3.8, 4) is 0 Å². The summed E-state index contributed by atoms with van der Waals surface area (Å²) in [5.41, 5.74) is 3.48. The van der Waals surface area contributed by atoms with Crippen LogP contribution in [0.1, 0.15) is 67.2 Å². The van der Waals surface area contributed by atoms with Crippen LogP contribution in [0.4, 0.5) is 0 Å². The first-order valence-corrected chi connectivity index (χ1v) is 6.29. The molecule has 0 heteroatoms. The van der Waals surface area contributed by atoms with E-state index in [-0.39, 0.29) is 0 Å². The Morgan fingerprint density at radius 2 is 1.67 bits per heavy atom. The standard InChI is InChI=1S/C15H28/c1-7-10-11-14(12-15(4,5)6)13(8-2)9-3/h8,11H,7,9-10,12H2,1-6H3/b13-8-,14-11-. The average molecular weight is 208 g/mol. The lowest BCUT2D eigenvalue weighted by molar-refractivity contribution is 0.410. The van der Waals surface area contributed by atoms with E-state index >= 15 is 0 Å². The highest BCUT2D eigenvalue weighted by molar-refractivity contribution is 5.30. The first kappa shape index (κ1) is 14.5. The Balaban J connectivity index is 4.73. The van der Waals surface area contributed by atoms with Gasteiger partial charge in [-0.15, -0.1) is 0 Å². The summed E-state index contributed by atoms with van der Waals surface area (Å²) in [5, 5.41) is 0. The second-order valence-corrected chi connectivity index (χ2v) is 5.42. The van der Waals surface area contributed by atoms with Crippen molar-refractivity contribution in [1.29, 1.82) is 0 Å². The highest BCUT2D eigenvalue weighted by Gasteiger charge is 2.14. The van der Waals surface area contributed by atoms with Gasteiger partial charge in [-0.25, -0.2) is 0 Å². The van der Waals surface area contributed by atoms with Gasteiger partial charge in [0, 0.05) is 0 Å². The molecule has 0 aliphatic heterocycles. The molecule has 0 aromatic carbocycles. The van der Waals surface area contributed by atoms with Crippen LogP contribution in [-0.2, 0) is 0 Å². The molecular formula is C15H28. The minimum absolute atomic E-state index is 0.392. The molecule has 0 amide bonds. The van der Waals surface area contributed by atoms with Gasteiger partial charge in [0.15, 0.2) is 0 Å². The highest BCUT2D eigenvalue weighted by Crippen LogP contribution is 2.29. The first-order valence-electron chi connectivity index (χ1n) is 6.29. The number of allylic oxidation sites excluding steroid dienone is 4. The SMILES string of the molecule is C/C=C(CC)\C(=C/CCC)CC(C)(C)C. The van der Waals surface area contributed by atoms with Gasteiger partial charge in [-0.3, -0.25) is 0 Å². The van der Waals surface area contributed by atoms with Crippen LogP contribution in [0.15, 0.2) is 23.3 Å². The average Bonchev–Trinajstić information content (AvgIpc) is 2.13. The second-order valence-electron chi connectivity index (χ2n) is 5.42. The van der Waals surface area contributed by atoms with Crippen LogP contribution in [0.25, 0.3) is 0 Å². The molecule has 0 nitrogen and oxygen atoms in total. The summed E-state index contributed by atoms with van der Waals surface area (Å²) in [6.45, 7) is 13.6. The second kappa shape index (κ2) is 6.87. The molecule has 0 atom stereocenters. The van der Waals surface area contributed by atoms with Crippen molar-refractivity contribution in [3.63, 3.8) is 0 Å². The summed E-state index contributed by atoms with van der Waals surface area (Å²) < 4.78 is 0. The summed E-state index contributed by atoms with van der Waals surface area (Å²) in [5.74, 6) is 0. The molecule has 0 fully saturated rings. The minimum Gasteiger partial charge on any atom is -0.0842 e. The van der Waals surface area contributed by atoms with Crippen LogP contribution in [-0.4, -0.2) is 0 Å². The summed E-state index contributed by atoms with van der Waals surface area (Å²) in [4.78, 5) is 0. The molecule has 0 spiro atoms. The predicted octanol–water partition coefficient (Wildman–Crippen LogP) is 5.51. The third kappa shape index (κ3) is 6.54. The molecule has 88 valence electrons. The van der Waals surface area contributed by atoms with Crippen LogP contribution < -0.4 is 0 Å². The van der Waals surface area contributed by atoms with Crippen LogP contribution >= 0.6 is 0 Å². The monoisotopic (exact) mass is 208 g/mol. The number of rotatable bonds is 5. The number of hydrogen-bond donors (Lipinski definition) is 0. The fourth-order valence-electron chi connectivity index (χ4n) is 1.82. The van der Waals surface area contributed by atoms with Crippen molar-refractivity contribution < 1.29 is 0 Å². The zero-order valence-electron chi connectivity index (χ0n) is 11.5. The molecule has 0 radical (unpaired) electrons. The van der Waals surface area contributed by atoms with Gasteiger partial charge >= 0.3 is 0 Å². The molecule has 0 N–H and O–H groups in total. The molecule has 0 aromatic rings. The fourth-order valence-corrected chi connectivity index (χ4v) is 1.82. The zero-order chi connectivity index (χ0) is 11.9. The Hall–Kier alpha value is -0.520. The van der Waals surface area contributed by atoms with E-state index in [1.165, 1.54) is 24.8 Å². The summed E-state index contributed by atoms with van der Waals surface area (Å²) in [6.07, 6.45) is 9.51. The van der Waals surface area contributed by atoms with Crippen LogP contribution in [0, 0.1) is 5.41 Å². The Morgan fingerprint density at radius 1 is 1.07 bits per heavy atom. The Bertz CT molecular complexity index is 223. The lowest BCUT2D eigenvalue weighted by atomic mass is 9.84. The first-order chi connectivity index (χ1) is 6.94. The number of hydrogen-bond acceptors (Lipinski definition) is 0. The Morgan fingerprint density at radius 3 is 2.00 bits per heavy atom. The predicted molar refractivity (Wildman–Crippen MR) is 71.1 cm³/mol. The van der Waals surface area contributed by atoms with Crippen molar-refractivity contribution in [3.05, 3.63) is 23.3 Å². The van der Waals surface area contributed by atoms with Gasteiger partial charge in [-0.05, 0) is 42.7 Å². The van der Waals surface area contributed by atoms with Crippen LogP contribution in [0.3, 0.4) is 0 Å². The van der Waals surface area contributed by atoms with E-state index in [1.807, 2.05) is 0 Å². The lowest BCUT2D eigenvalue weighted by Gasteiger charge is -2.22. The summed E-state index contributed by atoms with van der Waals surface area (Å²) in [7, 11) is 0. The van der Waals surface area contributed by atoms with E-state index < -0.39 is 0 Å². The molecule has 0 heterocycles. The maximum atomic E-state index is 2.43. The van der Waals surface area contributed by atoms with Crippen molar-refractivity contribution >= 4 is 0 Å². The lowest BCUT2D eigenvalue weighted by Crippen LogP contribution is -2.07. The molecule has 0 saturated heterocycles. The number of unbranched alkanes of at least 4 members (excludes halogenated alkanes) is 1. The van der Waals surface area contributed by atoms with Gasteiger partial charge in [-0.1, -0.05) is 53.2 Å². The van der Waals surface area contributed by atoms with E-state index in [0.717, 1.165) is 6.42 Å². The summed E-state index contributed by atoms with van der Waals surface area (Å²) >= 11 is 0. The normalized spacial score (nSPS) is 14.5. The van der Waals surface area contributed by atoms with Gasteiger partial charge in [0.25, 0.3) is 0 Å². The van der Waals surface area contributed by atoms with E-state index in [0.29, 0.717) is 5.41 Å². The molecular weight excluding hydrogens is 180 g/mol. The fraction of sp³-hybridized carbons (Fsp3) is 0.733. The zero-order valence-corrected chi connectivity index (χ0v) is 11.5. The van der Waals surface area contributed by atoms with E-state index in [9.17, 15) is 0 Å². The smallest absolute Gasteiger partial charge is 0.0230 e. The molecule has 0 unspecified atom stereocenters. The van der Waals surface area contributed by atoms with Crippen molar-refractivity contribution in [2.24, 2.45) is 5.41 Å². The Labute approximate surface area is 96.5 Å². The quantitative estimate of drug-likeness (QED) is 0.523. The van der Waals surface area contributed by atoms with Crippen molar-refractivity contribution in [1.82, 2.24) is 0 Å². The van der Waals surface area contributed by atoms with Crippen molar-refractivity contribution in [2.75, 3.05) is 0 Å². The molecule has 0 aliphatic rings. The van der Waals surface area contributed by atoms with E-state index in [2.05, 4.69) is 53.7 Å². The maximum absolute atomic E-state index is 2.43. The van der Waals surface area contributed by atoms with Gasteiger partial charge in [0.1, 0.15) is 0 Å². The molecule has 15 heavy (non-hydrogen) atoms. The molecule has 0 rings (SSSR count).